The van der Waals surface area contributed by atoms with Crippen LogP contribution >= 0.6 is 23.4 Å². The molecule has 0 fully saturated rings. The number of thioether (sulfide) groups is 1. The molecule has 17 heavy (non-hydrogen) atoms. The normalized spacial score (nSPS) is 10.6. The molecule has 1 heterocycles. The van der Waals surface area contributed by atoms with Gasteiger partial charge in [-0.3, -0.25) is 0 Å². The van der Waals surface area contributed by atoms with Crippen molar-refractivity contribution in [1.29, 1.82) is 0 Å². The van der Waals surface area contributed by atoms with Gasteiger partial charge in [0.25, 0.3) is 0 Å². The van der Waals surface area contributed by atoms with E-state index < -0.39 is 0 Å². The Morgan fingerprint density at radius 1 is 1.18 bits per heavy atom. The maximum atomic E-state index is 5.84. The maximum absolute atomic E-state index is 5.84. The van der Waals surface area contributed by atoms with E-state index in [1.807, 2.05) is 42.6 Å². The Kier molecular flexibility index (Phi) is 4.95. The summed E-state index contributed by atoms with van der Waals surface area (Å²) < 4.78 is 2.11. The lowest BCUT2D eigenvalue weighted by molar-refractivity contribution is 0.770. The van der Waals surface area contributed by atoms with Crippen LogP contribution in [0.4, 0.5) is 0 Å². The quantitative estimate of drug-likeness (QED) is 0.745. The molecular weight excluding hydrogens is 252 g/mol. The Hall–Kier alpha value is -0.930. The molecule has 0 radical (unpaired) electrons. The first kappa shape index (κ1) is 12.5. The fraction of sp³-hybridized carbons (Fsp3) is 0.308. The van der Waals surface area contributed by atoms with E-state index in [0.717, 1.165) is 29.5 Å². The Bertz CT molecular complexity index is 425. The van der Waals surface area contributed by atoms with Crippen molar-refractivity contribution < 1.29 is 0 Å². The summed E-state index contributed by atoms with van der Waals surface area (Å²) in [7, 11) is 0. The van der Waals surface area contributed by atoms with Crippen LogP contribution < -0.4 is 0 Å². The first-order valence-electron chi connectivity index (χ1n) is 5.62. The third-order valence-corrected chi connectivity index (χ3v) is 3.72. The summed E-state index contributed by atoms with van der Waals surface area (Å²) in [6.07, 6.45) is 6.78. The lowest BCUT2D eigenvalue weighted by atomic mass is 10.2. The highest BCUT2D eigenvalue weighted by atomic mass is 35.5. The monoisotopic (exact) mass is 266 g/mol. The Labute approximate surface area is 111 Å². The molecule has 0 aliphatic heterocycles. The molecule has 90 valence electrons. The van der Waals surface area contributed by atoms with Crippen LogP contribution in [0.3, 0.4) is 0 Å². The first-order valence-corrected chi connectivity index (χ1v) is 7.16. The van der Waals surface area contributed by atoms with Crippen LogP contribution in [0.25, 0.3) is 0 Å². The zero-order valence-electron chi connectivity index (χ0n) is 9.55. The second kappa shape index (κ2) is 6.72. The van der Waals surface area contributed by atoms with Gasteiger partial charge in [-0.1, -0.05) is 23.7 Å². The SMILES string of the molecule is Clc1ccc(CCSCCn2ccnc2)cc1. The van der Waals surface area contributed by atoms with E-state index in [1.165, 1.54) is 5.56 Å². The maximum Gasteiger partial charge on any atom is 0.0946 e. The predicted molar refractivity (Wildman–Crippen MR) is 74.7 cm³/mol. The third-order valence-electron chi connectivity index (χ3n) is 2.50. The molecule has 0 amide bonds. The van der Waals surface area contributed by atoms with Gasteiger partial charge < -0.3 is 4.57 Å². The number of hydrogen-bond acceptors (Lipinski definition) is 2. The number of aryl methyl sites for hydroxylation is 2. The smallest absolute Gasteiger partial charge is 0.0946 e. The summed E-state index contributed by atoms with van der Waals surface area (Å²) in [6, 6.07) is 8.09. The number of benzene rings is 1. The van der Waals surface area contributed by atoms with E-state index in [1.54, 1.807) is 0 Å². The van der Waals surface area contributed by atoms with Crippen LogP contribution in [0.1, 0.15) is 5.56 Å². The average Bonchev–Trinajstić information content (AvgIpc) is 2.84. The molecule has 0 bridgehead atoms. The molecule has 0 N–H and O–H groups in total. The number of halogens is 1. The molecule has 2 nitrogen and oxygen atoms in total. The minimum atomic E-state index is 0.807. The predicted octanol–water partition coefficient (Wildman–Crippen LogP) is 3.51. The molecule has 0 unspecified atom stereocenters. The summed E-state index contributed by atoms with van der Waals surface area (Å²) in [5, 5.41) is 0.807. The van der Waals surface area contributed by atoms with Crippen molar-refractivity contribution in [2.24, 2.45) is 0 Å². The molecule has 0 spiro atoms. The largest absolute Gasteiger partial charge is 0.337 e. The minimum Gasteiger partial charge on any atom is -0.337 e. The molecule has 1 aromatic heterocycles. The summed E-state index contributed by atoms with van der Waals surface area (Å²) in [6.45, 7) is 1.03. The summed E-state index contributed by atoms with van der Waals surface area (Å²) in [5.74, 6) is 2.28. The van der Waals surface area contributed by atoms with Gasteiger partial charge in [-0.25, -0.2) is 4.98 Å². The molecule has 0 aliphatic carbocycles. The van der Waals surface area contributed by atoms with Crippen molar-refractivity contribution in [2.45, 2.75) is 13.0 Å². The second-order valence-electron chi connectivity index (χ2n) is 3.79. The van der Waals surface area contributed by atoms with Crippen LogP contribution in [-0.4, -0.2) is 21.1 Å². The van der Waals surface area contributed by atoms with Crippen LogP contribution in [0.5, 0.6) is 0 Å². The molecule has 2 aromatic rings. The Morgan fingerprint density at radius 3 is 2.71 bits per heavy atom. The fourth-order valence-corrected chi connectivity index (χ4v) is 2.58. The van der Waals surface area contributed by atoms with E-state index >= 15 is 0 Å². The zero-order chi connectivity index (χ0) is 11.9. The van der Waals surface area contributed by atoms with E-state index in [2.05, 4.69) is 21.7 Å². The van der Waals surface area contributed by atoms with Gasteiger partial charge in [0.05, 0.1) is 6.33 Å². The van der Waals surface area contributed by atoms with Gasteiger partial charge in [-0.2, -0.15) is 11.8 Å². The summed E-state index contributed by atoms with van der Waals surface area (Å²) in [4.78, 5) is 4.02. The van der Waals surface area contributed by atoms with E-state index in [4.69, 9.17) is 11.6 Å². The minimum absolute atomic E-state index is 0.807. The van der Waals surface area contributed by atoms with Crippen LogP contribution in [0.2, 0.25) is 5.02 Å². The van der Waals surface area contributed by atoms with Gasteiger partial charge in [-0.05, 0) is 29.9 Å². The molecule has 0 atom stereocenters. The van der Waals surface area contributed by atoms with Crippen molar-refractivity contribution in [2.75, 3.05) is 11.5 Å². The molecule has 0 aliphatic rings. The van der Waals surface area contributed by atoms with Gasteiger partial charge >= 0.3 is 0 Å². The number of imidazole rings is 1. The fourth-order valence-electron chi connectivity index (χ4n) is 1.53. The van der Waals surface area contributed by atoms with Gasteiger partial charge in [0, 0.05) is 29.7 Å². The first-order chi connectivity index (χ1) is 8.34. The summed E-state index contributed by atoms with van der Waals surface area (Å²) in [5.41, 5.74) is 1.35. The lowest BCUT2D eigenvalue weighted by Crippen LogP contribution is -1.98. The van der Waals surface area contributed by atoms with Crippen LogP contribution in [0.15, 0.2) is 43.0 Å². The molecule has 0 saturated carbocycles. The Balaban J connectivity index is 1.61. The second-order valence-corrected chi connectivity index (χ2v) is 5.45. The lowest BCUT2D eigenvalue weighted by Gasteiger charge is -2.03. The van der Waals surface area contributed by atoms with Gasteiger partial charge in [0.1, 0.15) is 0 Å². The van der Waals surface area contributed by atoms with E-state index in [9.17, 15) is 0 Å². The van der Waals surface area contributed by atoms with E-state index in [0.29, 0.717) is 0 Å². The number of hydrogen-bond donors (Lipinski definition) is 0. The van der Waals surface area contributed by atoms with Crippen LogP contribution in [-0.2, 0) is 13.0 Å². The van der Waals surface area contributed by atoms with E-state index in [-0.39, 0.29) is 0 Å². The average molecular weight is 267 g/mol. The third kappa shape index (κ3) is 4.44. The highest BCUT2D eigenvalue weighted by molar-refractivity contribution is 7.99. The van der Waals surface area contributed by atoms with Crippen LogP contribution in [0, 0.1) is 0 Å². The highest BCUT2D eigenvalue weighted by Gasteiger charge is 1.95. The molecule has 4 heteroatoms. The number of rotatable bonds is 6. The van der Waals surface area contributed by atoms with Gasteiger partial charge in [0.2, 0.25) is 0 Å². The van der Waals surface area contributed by atoms with Crippen molar-refractivity contribution in [3.05, 3.63) is 53.6 Å². The molecule has 0 saturated heterocycles. The number of aromatic nitrogens is 2. The zero-order valence-corrected chi connectivity index (χ0v) is 11.1. The van der Waals surface area contributed by atoms with Crippen molar-refractivity contribution in [3.8, 4) is 0 Å². The van der Waals surface area contributed by atoms with Gasteiger partial charge in [-0.15, -0.1) is 0 Å². The summed E-state index contributed by atoms with van der Waals surface area (Å²) >= 11 is 7.81. The Morgan fingerprint density at radius 2 is 2.00 bits per heavy atom. The molecular formula is C13H15ClN2S. The standard InChI is InChI=1S/C13H15ClN2S/c14-13-3-1-12(2-4-13)5-9-17-10-8-16-7-6-15-11-16/h1-4,6-7,11H,5,8-10H2. The topological polar surface area (TPSA) is 17.8 Å². The molecule has 1 aromatic carbocycles. The number of nitrogens with zero attached hydrogens (tertiary/aromatic N) is 2. The van der Waals surface area contributed by atoms with Crippen molar-refractivity contribution in [1.82, 2.24) is 9.55 Å². The highest BCUT2D eigenvalue weighted by Crippen LogP contribution is 2.12. The molecule has 2 rings (SSSR count). The van der Waals surface area contributed by atoms with Gasteiger partial charge in [0.15, 0.2) is 0 Å². The van der Waals surface area contributed by atoms with Crippen molar-refractivity contribution >= 4 is 23.4 Å². The van der Waals surface area contributed by atoms with Crippen molar-refractivity contribution in [3.63, 3.8) is 0 Å².